The Hall–Kier alpha value is -3.79. The van der Waals surface area contributed by atoms with Gasteiger partial charge in [-0.1, -0.05) is 54.5 Å². The van der Waals surface area contributed by atoms with Crippen LogP contribution < -0.4 is 5.32 Å². The fourth-order valence-corrected chi connectivity index (χ4v) is 3.79. The van der Waals surface area contributed by atoms with Crippen LogP contribution in [-0.4, -0.2) is 53.7 Å². The second kappa shape index (κ2) is 9.81. The van der Waals surface area contributed by atoms with Crippen LogP contribution in [0.15, 0.2) is 48.5 Å². The van der Waals surface area contributed by atoms with E-state index in [1.54, 1.807) is 6.92 Å². The predicted octanol–water partition coefficient (Wildman–Crippen LogP) is 2.85. The van der Waals surface area contributed by atoms with E-state index in [-0.39, 0.29) is 25.5 Å². The molecule has 2 N–H and O–H groups in total. The lowest BCUT2D eigenvalue weighted by molar-refractivity contribution is -0.144. The molecule has 0 aromatic heterocycles. The average Bonchev–Trinajstić information content (AvgIpc) is 3.05. The van der Waals surface area contributed by atoms with Gasteiger partial charge in [-0.3, -0.25) is 9.59 Å². The van der Waals surface area contributed by atoms with Crippen LogP contribution in [0.3, 0.4) is 0 Å². The molecular weight excluding hydrogens is 396 g/mol. The molecule has 0 saturated carbocycles. The summed E-state index contributed by atoms with van der Waals surface area (Å²) in [5, 5.41) is 11.5. The summed E-state index contributed by atoms with van der Waals surface area (Å²) in [6.45, 7) is 1.22. The van der Waals surface area contributed by atoms with Crippen LogP contribution in [0.25, 0.3) is 11.1 Å². The van der Waals surface area contributed by atoms with E-state index in [4.69, 9.17) is 16.3 Å². The third kappa shape index (κ3) is 5.23. The first-order chi connectivity index (χ1) is 14.9. The third-order valence-corrected chi connectivity index (χ3v) is 5.15. The van der Waals surface area contributed by atoms with Crippen LogP contribution in [0.5, 0.6) is 0 Å². The van der Waals surface area contributed by atoms with E-state index in [9.17, 15) is 14.4 Å². The van der Waals surface area contributed by atoms with Gasteiger partial charge in [0, 0.05) is 18.4 Å². The fourth-order valence-electron chi connectivity index (χ4n) is 3.79. The summed E-state index contributed by atoms with van der Waals surface area (Å²) in [6.07, 6.45) is 4.48. The highest BCUT2D eigenvalue weighted by atomic mass is 16.5. The van der Waals surface area contributed by atoms with Crippen molar-refractivity contribution < 1.29 is 24.2 Å². The highest BCUT2D eigenvalue weighted by Crippen LogP contribution is 2.44. The molecule has 2 aromatic carbocycles. The number of rotatable bonds is 8. The smallest absolute Gasteiger partial charge is 0.407 e. The molecule has 2 amide bonds. The number of carbonyl (C=O) groups excluding carboxylic acids is 2. The molecule has 0 aliphatic heterocycles. The van der Waals surface area contributed by atoms with Crippen LogP contribution in [0.1, 0.15) is 30.4 Å². The zero-order chi connectivity index (χ0) is 22.4. The molecule has 0 unspecified atom stereocenters. The molecule has 7 nitrogen and oxygen atoms in total. The first-order valence-electron chi connectivity index (χ1n) is 9.95. The largest absolute Gasteiger partial charge is 0.480 e. The maximum Gasteiger partial charge on any atom is 0.407 e. The lowest BCUT2D eigenvalue weighted by Crippen LogP contribution is -2.41. The molecule has 0 saturated heterocycles. The van der Waals surface area contributed by atoms with E-state index in [1.165, 1.54) is 0 Å². The van der Waals surface area contributed by atoms with Crippen molar-refractivity contribution in [3.8, 4) is 23.5 Å². The molecule has 160 valence electrons. The Balaban J connectivity index is 1.56. The van der Waals surface area contributed by atoms with Gasteiger partial charge in [-0.15, -0.1) is 6.42 Å². The minimum atomic E-state index is -1.15. The molecule has 31 heavy (non-hydrogen) atoms. The Morgan fingerprint density at radius 3 is 2.26 bits per heavy atom. The highest BCUT2D eigenvalue weighted by Gasteiger charge is 2.29. The number of carbonyl (C=O) groups is 3. The summed E-state index contributed by atoms with van der Waals surface area (Å²) in [5.41, 5.74) is 4.49. The SMILES string of the molecule is C#CCN(CC(=O)O)C(=O)C[C@@H](C)NC(=O)OCC1c2ccccc2-c2ccccc21. The van der Waals surface area contributed by atoms with Gasteiger partial charge in [-0.05, 0) is 29.2 Å². The number of amides is 2. The fraction of sp³-hybridized carbons (Fsp3) is 0.292. The minimum absolute atomic E-state index is 0.0585. The molecule has 1 aliphatic rings. The molecule has 3 rings (SSSR count). The number of terminal acetylenes is 1. The van der Waals surface area contributed by atoms with Crippen molar-refractivity contribution in [3.63, 3.8) is 0 Å². The normalized spacial score (nSPS) is 12.8. The van der Waals surface area contributed by atoms with Gasteiger partial charge in [-0.25, -0.2) is 4.79 Å². The Labute approximate surface area is 181 Å². The summed E-state index contributed by atoms with van der Waals surface area (Å²) in [5.74, 6) is 0.603. The summed E-state index contributed by atoms with van der Waals surface area (Å²) < 4.78 is 5.46. The zero-order valence-electron chi connectivity index (χ0n) is 17.2. The van der Waals surface area contributed by atoms with Crippen LogP contribution in [0.2, 0.25) is 0 Å². The predicted molar refractivity (Wildman–Crippen MR) is 115 cm³/mol. The summed E-state index contributed by atoms with van der Waals surface area (Å²) in [4.78, 5) is 36.5. The first-order valence-corrected chi connectivity index (χ1v) is 9.95. The summed E-state index contributed by atoms with van der Waals surface area (Å²) in [7, 11) is 0. The molecule has 0 heterocycles. The van der Waals surface area contributed by atoms with Gasteiger partial charge < -0.3 is 20.1 Å². The first kappa shape index (κ1) is 21.9. The Morgan fingerprint density at radius 1 is 1.13 bits per heavy atom. The summed E-state index contributed by atoms with van der Waals surface area (Å²) in [6, 6.07) is 15.5. The molecule has 0 spiro atoms. The minimum Gasteiger partial charge on any atom is -0.480 e. The number of nitrogens with one attached hydrogen (secondary N) is 1. The quantitative estimate of drug-likeness (QED) is 0.641. The Bertz CT molecular complexity index is 981. The van der Waals surface area contributed by atoms with E-state index in [2.05, 4.69) is 23.4 Å². The molecule has 0 fully saturated rings. The zero-order valence-corrected chi connectivity index (χ0v) is 17.2. The summed E-state index contributed by atoms with van der Waals surface area (Å²) >= 11 is 0. The van der Waals surface area contributed by atoms with Crippen LogP contribution in [0, 0.1) is 12.3 Å². The number of benzene rings is 2. The number of ether oxygens (including phenoxy) is 1. The van der Waals surface area contributed by atoms with E-state index in [0.29, 0.717) is 0 Å². The van der Waals surface area contributed by atoms with Gasteiger partial charge in [0.05, 0.1) is 6.54 Å². The van der Waals surface area contributed by atoms with Gasteiger partial charge in [0.15, 0.2) is 0 Å². The second-order valence-corrected chi connectivity index (χ2v) is 7.42. The van der Waals surface area contributed by atoms with Crippen LogP contribution in [-0.2, 0) is 14.3 Å². The third-order valence-electron chi connectivity index (χ3n) is 5.15. The van der Waals surface area contributed by atoms with Crippen molar-refractivity contribution in [1.29, 1.82) is 0 Å². The number of carboxylic acid groups (broad SMARTS) is 1. The molecule has 2 aromatic rings. The van der Waals surface area contributed by atoms with Crippen molar-refractivity contribution in [1.82, 2.24) is 10.2 Å². The number of carboxylic acids is 1. The maximum atomic E-state index is 12.3. The van der Waals surface area contributed by atoms with Crippen molar-refractivity contribution >= 4 is 18.0 Å². The number of hydrogen-bond acceptors (Lipinski definition) is 4. The lowest BCUT2D eigenvalue weighted by atomic mass is 9.98. The average molecular weight is 420 g/mol. The van der Waals surface area contributed by atoms with E-state index >= 15 is 0 Å². The standard InChI is InChI=1S/C24H24N2O5/c1-3-12-26(14-23(28)29)22(27)13-16(2)25-24(30)31-15-21-19-10-6-4-8-17(19)18-9-5-7-11-20(18)21/h1,4-11,16,21H,12-15H2,2H3,(H,25,30)(H,28,29)/t16-/m1/s1. The monoisotopic (exact) mass is 420 g/mol. The van der Waals surface area contributed by atoms with Crippen LogP contribution in [0.4, 0.5) is 4.79 Å². The topological polar surface area (TPSA) is 95.9 Å². The van der Waals surface area contributed by atoms with Crippen molar-refractivity contribution in [2.24, 2.45) is 0 Å². The van der Waals surface area contributed by atoms with E-state index in [0.717, 1.165) is 27.2 Å². The Kier molecular flexibility index (Phi) is 6.93. The second-order valence-electron chi connectivity index (χ2n) is 7.42. The number of nitrogens with zero attached hydrogens (tertiary/aromatic N) is 1. The van der Waals surface area contributed by atoms with Gasteiger partial charge >= 0.3 is 12.1 Å². The van der Waals surface area contributed by atoms with Crippen LogP contribution >= 0.6 is 0 Å². The molecule has 1 aliphatic carbocycles. The number of fused-ring (bicyclic) bond motifs is 3. The van der Waals surface area contributed by atoms with E-state index < -0.39 is 30.6 Å². The lowest BCUT2D eigenvalue weighted by Gasteiger charge is -2.21. The van der Waals surface area contributed by atoms with Gasteiger partial charge in [0.1, 0.15) is 13.2 Å². The Morgan fingerprint density at radius 2 is 1.71 bits per heavy atom. The van der Waals surface area contributed by atoms with Gasteiger partial charge in [0.2, 0.25) is 5.91 Å². The van der Waals surface area contributed by atoms with E-state index in [1.807, 2.05) is 36.4 Å². The highest BCUT2D eigenvalue weighted by molar-refractivity contribution is 5.82. The molecular formula is C24H24N2O5. The van der Waals surface area contributed by atoms with Crippen molar-refractivity contribution in [2.45, 2.75) is 25.3 Å². The van der Waals surface area contributed by atoms with Crippen molar-refractivity contribution in [2.75, 3.05) is 19.7 Å². The van der Waals surface area contributed by atoms with Gasteiger partial charge in [-0.2, -0.15) is 0 Å². The van der Waals surface area contributed by atoms with Crippen molar-refractivity contribution in [3.05, 3.63) is 59.7 Å². The number of aliphatic carboxylic acids is 1. The molecule has 0 bridgehead atoms. The number of alkyl carbamates (subject to hydrolysis) is 1. The maximum absolute atomic E-state index is 12.3. The molecule has 1 atom stereocenters. The number of hydrogen-bond donors (Lipinski definition) is 2. The molecule has 0 radical (unpaired) electrons. The van der Waals surface area contributed by atoms with Gasteiger partial charge in [0.25, 0.3) is 0 Å². The molecule has 7 heteroatoms.